The van der Waals surface area contributed by atoms with Crippen molar-refractivity contribution < 1.29 is 13.2 Å². The molecule has 28 heavy (non-hydrogen) atoms. The van der Waals surface area contributed by atoms with Crippen molar-refractivity contribution in [1.29, 1.82) is 0 Å². The summed E-state index contributed by atoms with van der Waals surface area (Å²) in [5.41, 5.74) is 2.55. The smallest absolute Gasteiger partial charge is 0.208 e. The van der Waals surface area contributed by atoms with Gasteiger partial charge in [0.05, 0.1) is 19.5 Å². The number of hydrogen-bond acceptors (Lipinski definition) is 5. The molecule has 1 aliphatic rings. The zero-order valence-electron chi connectivity index (χ0n) is 16.6. The number of hydrogen-bond donors (Lipinski definition) is 3. The molecule has 2 rings (SSSR count). The van der Waals surface area contributed by atoms with Gasteiger partial charge in [0.25, 0.3) is 0 Å². The molecular formula is C18H32IN5O3S. The number of guanidine groups is 1. The molecule has 0 amide bonds. The molecule has 0 aliphatic carbocycles. The highest BCUT2D eigenvalue weighted by molar-refractivity contribution is 14.0. The normalized spacial score (nSPS) is 15.7. The lowest BCUT2D eigenvalue weighted by Crippen LogP contribution is -2.39. The molecule has 0 unspecified atom stereocenters. The first kappa shape index (κ1) is 25.1. The third-order valence-electron chi connectivity index (χ3n) is 4.30. The predicted octanol–water partition coefficient (Wildman–Crippen LogP) is 0.741. The van der Waals surface area contributed by atoms with Crippen molar-refractivity contribution in [2.45, 2.75) is 19.5 Å². The number of ether oxygens (including phenoxy) is 1. The second-order valence-electron chi connectivity index (χ2n) is 6.53. The van der Waals surface area contributed by atoms with Gasteiger partial charge in [-0.15, -0.1) is 24.0 Å². The molecule has 1 saturated heterocycles. The Morgan fingerprint density at radius 3 is 2.46 bits per heavy atom. The van der Waals surface area contributed by atoms with Gasteiger partial charge >= 0.3 is 0 Å². The minimum absolute atomic E-state index is 0. The van der Waals surface area contributed by atoms with E-state index >= 15 is 0 Å². The summed E-state index contributed by atoms with van der Waals surface area (Å²) < 4.78 is 30.0. The second-order valence-corrected chi connectivity index (χ2v) is 8.36. The van der Waals surface area contributed by atoms with Crippen LogP contribution in [0.3, 0.4) is 0 Å². The SMILES string of the molecule is CN=C(NCCCNS(C)(=O)=O)NCc1ccccc1CN1CCOCC1.I. The average molecular weight is 525 g/mol. The number of aliphatic imine (C=N–C) groups is 1. The number of nitrogens with one attached hydrogen (secondary N) is 3. The molecule has 3 N–H and O–H groups in total. The van der Waals surface area contributed by atoms with Crippen molar-refractivity contribution >= 4 is 40.0 Å². The lowest BCUT2D eigenvalue weighted by molar-refractivity contribution is 0.0341. The Labute approximate surface area is 185 Å². The Morgan fingerprint density at radius 2 is 1.82 bits per heavy atom. The molecule has 160 valence electrons. The maximum atomic E-state index is 11.0. The Balaban J connectivity index is 0.00000392. The zero-order valence-corrected chi connectivity index (χ0v) is 19.8. The van der Waals surface area contributed by atoms with Gasteiger partial charge in [-0.05, 0) is 17.5 Å². The monoisotopic (exact) mass is 525 g/mol. The molecule has 0 bridgehead atoms. The summed E-state index contributed by atoms with van der Waals surface area (Å²) in [6.07, 6.45) is 1.84. The molecule has 1 heterocycles. The Bertz CT molecular complexity index is 709. The molecule has 1 aliphatic heterocycles. The van der Waals surface area contributed by atoms with E-state index in [1.54, 1.807) is 7.05 Å². The van der Waals surface area contributed by atoms with Crippen LogP contribution < -0.4 is 15.4 Å². The highest BCUT2D eigenvalue weighted by atomic mass is 127. The lowest BCUT2D eigenvalue weighted by Gasteiger charge is -2.27. The van der Waals surface area contributed by atoms with E-state index in [0.717, 1.165) is 39.1 Å². The third-order valence-corrected chi connectivity index (χ3v) is 5.02. The van der Waals surface area contributed by atoms with Gasteiger partial charge in [0, 0.05) is 46.3 Å². The van der Waals surface area contributed by atoms with Crippen LogP contribution >= 0.6 is 24.0 Å². The van der Waals surface area contributed by atoms with E-state index in [-0.39, 0.29) is 24.0 Å². The number of morpholine rings is 1. The summed E-state index contributed by atoms with van der Waals surface area (Å²) in [5.74, 6) is 0.704. The first-order valence-electron chi connectivity index (χ1n) is 9.24. The van der Waals surface area contributed by atoms with Crippen molar-refractivity contribution in [3.63, 3.8) is 0 Å². The molecular weight excluding hydrogens is 493 g/mol. The van der Waals surface area contributed by atoms with Crippen LogP contribution in [0.15, 0.2) is 29.3 Å². The molecule has 8 nitrogen and oxygen atoms in total. The molecule has 0 atom stereocenters. The molecule has 1 aromatic carbocycles. The number of benzene rings is 1. The van der Waals surface area contributed by atoms with Crippen LogP contribution in [0.2, 0.25) is 0 Å². The van der Waals surface area contributed by atoms with Gasteiger partial charge in [0.2, 0.25) is 10.0 Å². The fourth-order valence-corrected chi connectivity index (χ4v) is 3.35. The van der Waals surface area contributed by atoms with Crippen molar-refractivity contribution in [2.75, 3.05) is 52.7 Å². The third kappa shape index (κ3) is 10.0. The summed E-state index contributed by atoms with van der Waals surface area (Å²) in [7, 11) is -1.40. The van der Waals surface area contributed by atoms with E-state index in [2.05, 4.69) is 43.4 Å². The zero-order chi connectivity index (χ0) is 19.5. The molecule has 10 heteroatoms. The fraction of sp³-hybridized carbons (Fsp3) is 0.611. The van der Waals surface area contributed by atoms with Crippen LogP contribution in [0.4, 0.5) is 0 Å². The summed E-state index contributed by atoms with van der Waals surface area (Å²) >= 11 is 0. The van der Waals surface area contributed by atoms with E-state index in [1.807, 2.05) is 6.07 Å². The van der Waals surface area contributed by atoms with Crippen LogP contribution in [-0.2, 0) is 27.8 Å². The second kappa shape index (κ2) is 13.3. The first-order chi connectivity index (χ1) is 13.0. The van der Waals surface area contributed by atoms with Gasteiger partial charge in [-0.3, -0.25) is 9.89 Å². The van der Waals surface area contributed by atoms with E-state index in [9.17, 15) is 8.42 Å². The number of rotatable bonds is 9. The van der Waals surface area contributed by atoms with Crippen LogP contribution in [0.5, 0.6) is 0 Å². The van der Waals surface area contributed by atoms with Crippen LogP contribution in [0, 0.1) is 0 Å². The van der Waals surface area contributed by atoms with Gasteiger partial charge in [-0.25, -0.2) is 13.1 Å². The maximum absolute atomic E-state index is 11.0. The Morgan fingerprint density at radius 1 is 1.14 bits per heavy atom. The summed E-state index contributed by atoms with van der Waals surface area (Å²) in [6, 6.07) is 8.42. The Hall–Kier alpha value is -0.950. The van der Waals surface area contributed by atoms with E-state index in [1.165, 1.54) is 11.1 Å². The number of nitrogens with zero attached hydrogens (tertiary/aromatic N) is 2. The van der Waals surface area contributed by atoms with E-state index < -0.39 is 10.0 Å². The average Bonchev–Trinajstić information content (AvgIpc) is 2.65. The maximum Gasteiger partial charge on any atom is 0.208 e. The van der Waals surface area contributed by atoms with Crippen molar-refractivity contribution in [1.82, 2.24) is 20.3 Å². The number of sulfonamides is 1. The van der Waals surface area contributed by atoms with Crippen molar-refractivity contribution in [3.05, 3.63) is 35.4 Å². The minimum atomic E-state index is -3.13. The topological polar surface area (TPSA) is 95.1 Å². The number of halogens is 1. The summed E-state index contributed by atoms with van der Waals surface area (Å²) in [4.78, 5) is 6.63. The van der Waals surface area contributed by atoms with Crippen LogP contribution in [-0.4, -0.2) is 72.0 Å². The van der Waals surface area contributed by atoms with E-state index in [0.29, 0.717) is 32.0 Å². The van der Waals surface area contributed by atoms with Gasteiger partial charge in [-0.2, -0.15) is 0 Å². The lowest BCUT2D eigenvalue weighted by atomic mass is 10.1. The fourth-order valence-electron chi connectivity index (χ4n) is 2.84. The Kier molecular flexibility index (Phi) is 11.9. The van der Waals surface area contributed by atoms with Gasteiger partial charge in [0.1, 0.15) is 0 Å². The minimum Gasteiger partial charge on any atom is -0.379 e. The highest BCUT2D eigenvalue weighted by Gasteiger charge is 2.12. The molecule has 0 aromatic heterocycles. The standard InChI is InChI=1S/C18H31N5O3S.HI/c1-19-18(20-8-5-9-22-27(2,24)25)21-14-16-6-3-4-7-17(16)15-23-10-12-26-13-11-23;/h3-4,6-7,22H,5,8-15H2,1-2H3,(H2,19,20,21);1H. The highest BCUT2D eigenvalue weighted by Crippen LogP contribution is 2.12. The predicted molar refractivity (Wildman–Crippen MR) is 124 cm³/mol. The quantitative estimate of drug-likeness (QED) is 0.191. The molecule has 1 fully saturated rings. The van der Waals surface area contributed by atoms with Gasteiger partial charge in [0.15, 0.2) is 5.96 Å². The first-order valence-corrected chi connectivity index (χ1v) is 11.1. The molecule has 0 spiro atoms. The molecule has 0 saturated carbocycles. The van der Waals surface area contributed by atoms with Gasteiger partial charge in [-0.1, -0.05) is 24.3 Å². The van der Waals surface area contributed by atoms with Crippen LogP contribution in [0.1, 0.15) is 17.5 Å². The van der Waals surface area contributed by atoms with Crippen molar-refractivity contribution in [3.8, 4) is 0 Å². The van der Waals surface area contributed by atoms with E-state index in [4.69, 9.17) is 4.74 Å². The van der Waals surface area contributed by atoms with Crippen LogP contribution in [0.25, 0.3) is 0 Å². The largest absolute Gasteiger partial charge is 0.379 e. The van der Waals surface area contributed by atoms with Gasteiger partial charge < -0.3 is 15.4 Å². The van der Waals surface area contributed by atoms with Crippen molar-refractivity contribution in [2.24, 2.45) is 4.99 Å². The molecule has 0 radical (unpaired) electrons. The summed E-state index contributed by atoms with van der Waals surface area (Å²) in [5, 5.41) is 6.53. The summed E-state index contributed by atoms with van der Waals surface area (Å²) in [6.45, 7) is 6.17. The molecule has 1 aromatic rings.